The number of anilines is 2. The van der Waals surface area contributed by atoms with Gasteiger partial charge in [-0.2, -0.15) is 10.2 Å². The van der Waals surface area contributed by atoms with E-state index in [0.717, 1.165) is 21.8 Å². The van der Waals surface area contributed by atoms with Gasteiger partial charge in [0.1, 0.15) is 28.9 Å². The minimum atomic E-state index is -0.188. The second-order valence-corrected chi connectivity index (χ2v) is 7.61. The molecular formula is C21H18N4O2S. The minimum absolute atomic E-state index is 0.0718. The van der Waals surface area contributed by atoms with E-state index < -0.39 is 0 Å². The van der Waals surface area contributed by atoms with Gasteiger partial charge in [-0.1, -0.05) is 17.7 Å². The Morgan fingerprint density at radius 2 is 1.93 bits per heavy atom. The molecule has 4 rings (SSSR count). The van der Waals surface area contributed by atoms with Gasteiger partial charge in [0.15, 0.2) is 0 Å². The summed E-state index contributed by atoms with van der Waals surface area (Å²) < 4.78 is 11.2. The first-order chi connectivity index (χ1) is 13.5. The van der Waals surface area contributed by atoms with Crippen molar-refractivity contribution in [3.05, 3.63) is 64.7 Å². The summed E-state index contributed by atoms with van der Waals surface area (Å²) in [6.07, 6.45) is 0. The van der Waals surface area contributed by atoms with Crippen LogP contribution in [0.3, 0.4) is 0 Å². The van der Waals surface area contributed by atoms with Crippen LogP contribution in [0.4, 0.5) is 11.5 Å². The van der Waals surface area contributed by atoms with Crippen molar-refractivity contribution < 1.29 is 9.47 Å². The average molecular weight is 390 g/mol. The first-order valence-electron chi connectivity index (χ1n) is 8.60. The van der Waals surface area contributed by atoms with Crippen molar-refractivity contribution >= 4 is 23.3 Å². The zero-order valence-corrected chi connectivity index (χ0v) is 16.2. The maximum atomic E-state index is 9.46. The Hall–Kier alpha value is -3.37. The van der Waals surface area contributed by atoms with Gasteiger partial charge in [-0.05, 0) is 37.3 Å². The summed E-state index contributed by atoms with van der Waals surface area (Å²) >= 11 is 1.61. The van der Waals surface area contributed by atoms with Gasteiger partial charge in [0, 0.05) is 10.5 Å². The summed E-state index contributed by atoms with van der Waals surface area (Å²) in [6, 6.07) is 15.8. The fraction of sp³-hybridized carbons (Fsp3) is 0.143. The van der Waals surface area contributed by atoms with E-state index in [1.165, 1.54) is 0 Å². The summed E-state index contributed by atoms with van der Waals surface area (Å²) in [4.78, 5) is 5.33. The molecule has 1 aliphatic rings. The largest absolute Gasteiger partial charge is 0.497 e. The van der Waals surface area contributed by atoms with Gasteiger partial charge >= 0.3 is 0 Å². The topological polar surface area (TPSA) is 107 Å². The number of nitriles is 1. The van der Waals surface area contributed by atoms with Crippen LogP contribution >= 0.6 is 11.8 Å². The van der Waals surface area contributed by atoms with Gasteiger partial charge in [0.25, 0.3) is 0 Å². The molecule has 2 aromatic carbocycles. The Kier molecular flexibility index (Phi) is 4.49. The van der Waals surface area contributed by atoms with Crippen LogP contribution in [0.1, 0.15) is 27.5 Å². The number of thioether (sulfide) groups is 1. The van der Waals surface area contributed by atoms with Crippen LogP contribution in [0.25, 0.3) is 0 Å². The van der Waals surface area contributed by atoms with Gasteiger partial charge in [-0.15, -0.1) is 11.8 Å². The molecule has 4 N–H and O–H groups in total. The number of rotatable bonds is 3. The quantitative estimate of drug-likeness (QED) is 0.681. The standard InChI is InChI=1S/C21H18N4O2S/c1-11-3-8-16-14(9-11)19(28-13-6-4-12(26-2)5-7-13)17-18(23)15(10-22)20(24)25-21(17)27-16/h3-9,19H,1-2H3,(H4,23,24,25). The number of benzene rings is 2. The molecule has 3 aromatic rings. The number of ether oxygens (including phenoxy) is 2. The Bertz CT molecular complexity index is 1110. The molecule has 7 heteroatoms. The SMILES string of the molecule is COc1ccc(SC2c3cc(C)ccc3Oc3nc(N)c(C#N)c(N)c32)cc1. The molecule has 0 fully saturated rings. The Morgan fingerprint density at radius 3 is 2.61 bits per heavy atom. The first kappa shape index (κ1) is 18.0. The summed E-state index contributed by atoms with van der Waals surface area (Å²) in [5.74, 6) is 1.91. The van der Waals surface area contributed by atoms with Crippen LogP contribution in [0.5, 0.6) is 17.4 Å². The fourth-order valence-electron chi connectivity index (χ4n) is 3.20. The lowest BCUT2D eigenvalue weighted by molar-refractivity contribution is 0.414. The van der Waals surface area contributed by atoms with Crippen LogP contribution in [0.15, 0.2) is 47.4 Å². The third-order valence-electron chi connectivity index (χ3n) is 4.61. The maximum absolute atomic E-state index is 9.46. The number of methoxy groups -OCH3 is 1. The first-order valence-corrected chi connectivity index (χ1v) is 9.48. The molecule has 0 aliphatic carbocycles. The summed E-state index contributed by atoms with van der Waals surface area (Å²) in [5.41, 5.74) is 15.5. The molecule has 0 radical (unpaired) electrons. The molecule has 0 spiro atoms. The lowest BCUT2D eigenvalue weighted by Gasteiger charge is -2.29. The summed E-state index contributed by atoms with van der Waals surface area (Å²) in [7, 11) is 1.64. The van der Waals surface area contributed by atoms with E-state index >= 15 is 0 Å². The van der Waals surface area contributed by atoms with Crippen LogP contribution in [-0.2, 0) is 0 Å². The minimum Gasteiger partial charge on any atom is -0.497 e. The van der Waals surface area contributed by atoms with Gasteiger partial charge in [0.05, 0.1) is 23.6 Å². The van der Waals surface area contributed by atoms with Crippen molar-refractivity contribution in [2.75, 3.05) is 18.6 Å². The second kappa shape index (κ2) is 6.98. The Morgan fingerprint density at radius 1 is 1.18 bits per heavy atom. The molecule has 28 heavy (non-hydrogen) atoms. The number of pyridine rings is 1. The summed E-state index contributed by atoms with van der Waals surface area (Å²) in [6.45, 7) is 2.02. The number of nitrogens with two attached hydrogens (primary N) is 2. The van der Waals surface area contributed by atoms with Crippen LogP contribution < -0.4 is 20.9 Å². The van der Waals surface area contributed by atoms with Gasteiger partial charge in [-0.25, -0.2) is 0 Å². The highest BCUT2D eigenvalue weighted by atomic mass is 32.2. The molecule has 0 amide bonds. The molecule has 0 saturated carbocycles. The number of nitrogens with zero attached hydrogens (tertiary/aromatic N) is 2. The predicted octanol–water partition coefficient (Wildman–Crippen LogP) is 4.42. The predicted molar refractivity (Wildman–Crippen MR) is 110 cm³/mol. The van der Waals surface area contributed by atoms with E-state index in [2.05, 4.69) is 17.1 Å². The van der Waals surface area contributed by atoms with Crippen LogP contribution in [0.2, 0.25) is 0 Å². The van der Waals surface area contributed by atoms with Crippen molar-refractivity contribution in [3.8, 4) is 23.4 Å². The highest BCUT2D eigenvalue weighted by molar-refractivity contribution is 7.99. The normalized spacial score (nSPS) is 14.4. The fourth-order valence-corrected chi connectivity index (χ4v) is 4.42. The molecule has 6 nitrogen and oxygen atoms in total. The smallest absolute Gasteiger partial charge is 0.228 e. The highest BCUT2D eigenvalue weighted by Crippen LogP contribution is 2.54. The zero-order chi connectivity index (χ0) is 19.8. The van der Waals surface area contributed by atoms with Gasteiger partial charge < -0.3 is 20.9 Å². The molecule has 1 aromatic heterocycles. The molecule has 1 atom stereocenters. The van der Waals surface area contributed by atoms with Crippen LogP contribution in [-0.4, -0.2) is 12.1 Å². The third kappa shape index (κ3) is 2.98. The molecule has 0 saturated heterocycles. The second-order valence-electron chi connectivity index (χ2n) is 6.43. The van der Waals surface area contributed by atoms with Crippen molar-refractivity contribution in [3.63, 3.8) is 0 Å². The molecule has 140 valence electrons. The van der Waals surface area contributed by atoms with Gasteiger partial charge in [0.2, 0.25) is 5.88 Å². The number of hydrogen-bond acceptors (Lipinski definition) is 7. The van der Waals surface area contributed by atoms with Crippen molar-refractivity contribution in [2.24, 2.45) is 0 Å². The van der Waals surface area contributed by atoms with E-state index in [-0.39, 0.29) is 16.6 Å². The van der Waals surface area contributed by atoms with Gasteiger partial charge in [-0.3, -0.25) is 0 Å². The van der Waals surface area contributed by atoms with Crippen molar-refractivity contribution in [1.29, 1.82) is 5.26 Å². The number of fused-ring (bicyclic) bond motifs is 2. The average Bonchev–Trinajstić information content (AvgIpc) is 2.69. The Balaban J connectivity index is 1.88. The molecule has 1 unspecified atom stereocenters. The molecular weight excluding hydrogens is 372 g/mol. The van der Waals surface area contributed by atoms with E-state index in [1.54, 1.807) is 18.9 Å². The van der Waals surface area contributed by atoms with Crippen molar-refractivity contribution in [1.82, 2.24) is 4.98 Å². The number of aromatic nitrogens is 1. The van der Waals surface area contributed by atoms with E-state index in [9.17, 15) is 5.26 Å². The van der Waals surface area contributed by atoms with E-state index in [4.69, 9.17) is 20.9 Å². The number of nitrogen functional groups attached to an aromatic ring is 2. The zero-order valence-electron chi connectivity index (χ0n) is 15.4. The number of hydrogen-bond donors (Lipinski definition) is 2. The molecule has 0 bridgehead atoms. The molecule has 2 heterocycles. The lowest BCUT2D eigenvalue weighted by atomic mass is 9.97. The molecule has 1 aliphatic heterocycles. The maximum Gasteiger partial charge on any atom is 0.228 e. The monoisotopic (exact) mass is 390 g/mol. The van der Waals surface area contributed by atoms with Crippen LogP contribution in [0, 0.1) is 18.3 Å². The third-order valence-corrected chi connectivity index (χ3v) is 5.88. The Labute approximate surface area is 167 Å². The number of aryl methyl sites for hydroxylation is 1. The highest BCUT2D eigenvalue weighted by Gasteiger charge is 2.33. The lowest BCUT2D eigenvalue weighted by Crippen LogP contribution is -2.15. The van der Waals surface area contributed by atoms with E-state index in [0.29, 0.717) is 22.9 Å². The summed E-state index contributed by atoms with van der Waals surface area (Å²) in [5, 5.41) is 9.27. The van der Waals surface area contributed by atoms with Crippen molar-refractivity contribution in [2.45, 2.75) is 17.1 Å². The van der Waals surface area contributed by atoms with E-state index in [1.807, 2.05) is 43.3 Å².